The largest absolute Gasteiger partial charge is 0.496 e. The molecule has 35 heavy (non-hydrogen) atoms. The van der Waals surface area contributed by atoms with Gasteiger partial charge in [-0.15, -0.1) is 0 Å². The molecule has 0 fully saturated rings. The Labute approximate surface area is 205 Å². The first-order chi connectivity index (χ1) is 17.0. The molecule has 0 bridgehead atoms. The number of para-hydroxylation sites is 1. The maximum absolute atomic E-state index is 13.9. The number of Topliss-reactive ketones (excluding diaryl/α,β-unsaturated/α-hetero) is 1. The van der Waals surface area contributed by atoms with Crippen LogP contribution in [0.5, 0.6) is 17.2 Å². The maximum atomic E-state index is 13.9. The second-order valence-corrected chi connectivity index (χ2v) is 8.04. The lowest BCUT2D eigenvalue weighted by Gasteiger charge is -2.16. The van der Waals surface area contributed by atoms with Crippen LogP contribution in [0.2, 0.25) is 0 Å². The van der Waals surface area contributed by atoms with Crippen molar-refractivity contribution in [3.8, 4) is 17.2 Å². The number of rotatable bonds is 9. The number of methoxy groups -OCH3 is 3. The van der Waals surface area contributed by atoms with E-state index in [4.69, 9.17) is 14.2 Å². The van der Waals surface area contributed by atoms with Gasteiger partial charge in [0.2, 0.25) is 0 Å². The van der Waals surface area contributed by atoms with Gasteiger partial charge >= 0.3 is 5.97 Å². The van der Waals surface area contributed by atoms with E-state index < -0.39 is 11.8 Å². The van der Waals surface area contributed by atoms with Crippen molar-refractivity contribution in [3.05, 3.63) is 82.9 Å². The highest BCUT2D eigenvalue weighted by Gasteiger charge is 2.26. The van der Waals surface area contributed by atoms with Crippen LogP contribution in [0.25, 0.3) is 16.6 Å². The number of hydrogen-bond acceptors (Lipinski definition) is 8. The Morgan fingerprint density at radius 2 is 1.49 bits per heavy atom. The first kappa shape index (κ1) is 23.9. The molecule has 0 amide bonds. The highest BCUT2D eigenvalue weighted by molar-refractivity contribution is 7.00. The van der Waals surface area contributed by atoms with Crippen molar-refractivity contribution in [2.45, 2.75) is 6.42 Å². The van der Waals surface area contributed by atoms with Crippen molar-refractivity contribution in [2.75, 3.05) is 21.3 Å². The molecular formula is C26H22N2O6S. The van der Waals surface area contributed by atoms with E-state index in [-0.39, 0.29) is 23.1 Å². The number of nitrogens with zero attached hydrogens (tertiary/aromatic N) is 2. The van der Waals surface area contributed by atoms with Crippen LogP contribution in [0, 0.1) is 0 Å². The van der Waals surface area contributed by atoms with E-state index in [0.29, 0.717) is 39.4 Å². The smallest absolute Gasteiger partial charge is 0.336 e. The van der Waals surface area contributed by atoms with Gasteiger partial charge < -0.3 is 19.3 Å². The summed E-state index contributed by atoms with van der Waals surface area (Å²) in [7, 11) is 4.50. The summed E-state index contributed by atoms with van der Waals surface area (Å²) in [4.78, 5) is 26.5. The molecule has 9 heteroatoms. The quantitative estimate of drug-likeness (QED) is 0.266. The van der Waals surface area contributed by atoms with E-state index in [1.165, 1.54) is 27.4 Å². The number of carbonyl (C=O) groups is 2. The molecule has 0 aliphatic rings. The number of ether oxygens (including phenoxy) is 3. The number of allylic oxidation sites excluding steroid dienone is 1. The summed E-state index contributed by atoms with van der Waals surface area (Å²) in [5.41, 5.74) is 2.48. The van der Waals surface area contributed by atoms with Crippen LogP contribution in [-0.2, 0) is 11.2 Å². The SMILES string of the molecule is COc1ccccc1C/C(C(=O)c1ccc(OC)c(OC)c1)=C(\C(=O)O)c1ccc2nsnc2c1. The molecule has 1 heterocycles. The Hall–Kier alpha value is -4.24. The predicted octanol–water partition coefficient (Wildman–Crippen LogP) is 4.68. The molecule has 0 spiro atoms. The second-order valence-electron chi connectivity index (χ2n) is 7.51. The van der Waals surface area contributed by atoms with Crippen LogP contribution in [0.4, 0.5) is 0 Å². The Balaban J connectivity index is 1.94. The monoisotopic (exact) mass is 490 g/mol. The van der Waals surface area contributed by atoms with Crippen LogP contribution in [0.3, 0.4) is 0 Å². The van der Waals surface area contributed by atoms with Crippen LogP contribution in [-0.4, -0.2) is 46.9 Å². The minimum Gasteiger partial charge on any atom is -0.496 e. The Kier molecular flexibility index (Phi) is 7.07. The molecule has 4 rings (SSSR count). The van der Waals surface area contributed by atoms with Gasteiger partial charge in [0.05, 0.1) is 38.6 Å². The molecule has 0 saturated heterocycles. The summed E-state index contributed by atoms with van der Waals surface area (Å²) in [5, 5.41) is 10.3. The topological polar surface area (TPSA) is 108 Å². The Bertz CT molecular complexity index is 1440. The fourth-order valence-corrected chi connectivity index (χ4v) is 4.36. The number of fused-ring (bicyclic) bond motifs is 1. The first-order valence-corrected chi connectivity index (χ1v) is 11.3. The third kappa shape index (κ3) is 4.85. The minimum atomic E-state index is -1.23. The number of carboxylic acid groups (broad SMARTS) is 1. The summed E-state index contributed by atoms with van der Waals surface area (Å²) in [6.07, 6.45) is 0.0339. The lowest BCUT2D eigenvalue weighted by molar-refractivity contribution is -0.130. The van der Waals surface area contributed by atoms with Gasteiger partial charge in [0.1, 0.15) is 16.8 Å². The van der Waals surface area contributed by atoms with E-state index in [1.807, 2.05) is 12.1 Å². The molecule has 0 radical (unpaired) electrons. The molecule has 0 saturated carbocycles. The van der Waals surface area contributed by atoms with Crippen molar-refractivity contribution in [1.29, 1.82) is 0 Å². The summed E-state index contributed by atoms with van der Waals surface area (Å²) in [6, 6.07) is 16.9. The number of carbonyl (C=O) groups excluding carboxylic acids is 1. The maximum Gasteiger partial charge on any atom is 0.336 e. The van der Waals surface area contributed by atoms with E-state index in [0.717, 1.165) is 11.7 Å². The number of ketones is 1. The molecule has 178 valence electrons. The average Bonchev–Trinajstić information content (AvgIpc) is 3.35. The molecule has 3 aromatic carbocycles. The molecule has 0 aliphatic carbocycles. The van der Waals surface area contributed by atoms with Crippen LogP contribution < -0.4 is 14.2 Å². The van der Waals surface area contributed by atoms with Crippen LogP contribution in [0.15, 0.2) is 66.2 Å². The third-order valence-electron chi connectivity index (χ3n) is 5.54. The van der Waals surface area contributed by atoms with Gasteiger partial charge in [0.15, 0.2) is 17.3 Å². The summed E-state index contributed by atoms with van der Waals surface area (Å²) >= 11 is 1.04. The number of aliphatic carboxylic acids is 1. The van der Waals surface area contributed by atoms with Gasteiger partial charge in [-0.2, -0.15) is 8.75 Å². The standard InChI is InChI=1S/C26H22N2O6S/c1-32-21-7-5-4-6-15(21)12-18(25(29)17-9-11-22(33-2)23(14-17)34-3)24(26(30)31)16-8-10-19-20(13-16)28-35-27-19/h4-11,13-14H,12H2,1-3H3,(H,30,31)/b24-18+. The van der Waals surface area contributed by atoms with Gasteiger partial charge in [-0.3, -0.25) is 4.79 Å². The summed E-state index contributed by atoms with van der Waals surface area (Å²) in [6.45, 7) is 0. The van der Waals surface area contributed by atoms with E-state index in [1.54, 1.807) is 42.5 Å². The van der Waals surface area contributed by atoms with Crippen molar-refractivity contribution in [3.63, 3.8) is 0 Å². The normalized spacial score (nSPS) is 11.6. The molecule has 1 aromatic heterocycles. The molecule has 0 unspecified atom stereocenters. The molecule has 1 N–H and O–H groups in total. The zero-order valence-electron chi connectivity index (χ0n) is 19.3. The van der Waals surface area contributed by atoms with Crippen molar-refractivity contribution < 1.29 is 28.9 Å². The molecule has 8 nitrogen and oxygen atoms in total. The average molecular weight is 491 g/mol. The van der Waals surface area contributed by atoms with Crippen LogP contribution in [0.1, 0.15) is 21.5 Å². The molecular weight excluding hydrogens is 468 g/mol. The Morgan fingerprint density at radius 3 is 2.20 bits per heavy atom. The van der Waals surface area contributed by atoms with Gasteiger partial charge in [0, 0.05) is 17.6 Å². The number of carboxylic acids is 1. The molecule has 0 atom stereocenters. The first-order valence-electron chi connectivity index (χ1n) is 10.5. The van der Waals surface area contributed by atoms with E-state index in [2.05, 4.69) is 8.75 Å². The van der Waals surface area contributed by atoms with Crippen LogP contribution >= 0.6 is 11.7 Å². The van der Waals surface area contributed by atoms with Crippen molar-refractivity contribution >= 4 is 40.1 Å². The fourth-order valence-electron chi connectivity index (χ4n) is 3.84. The summed E-state index contributed by atoms with van der Waals surface area (Å²) < 4.78 is 24.5. The van der Waals surface area contributed by atoms with Gasteiger partial charge in [-0.25, -0.2) is 4.79 Å². The second kappa shape index (κ2) is 10.4. The van der Waals surface area contributed by atoms with Gasteiger partial charge in [-0.1, -0.05) is 24.3 Å². The van der Waals surface area contributed by atoms with Crippen molar-refractivity contribution in [2.24, 2.45) is 0 Å². The lowest BCUT2D eigenvalue weighted by Crippen LogP contribution is -2.14. The predicted molar refractivity (Wildman–Crippen MR) is 133 cm³/mol. The molecule has 0 aliphatic heterocycles. The zero-order chi connectivity index (χ0) is 24.9. The number of hydrogen-bond donors (Lipinski definition) is 1. The minimum absolute atomic E-state index is 0.0339. The zero-order valence-corrected chi connectivity index (χ0v) is 20.1. The highest BCUT2D eigenvalue weighted by Crippen LogP contribution is 2.33. The van der Waals surface area contributed by atoms with E-state index in [9.17, 15) is 14.7 Å². The highest BCUT2D eigenvalue weighted by atomic mass is 32.1. The van der Waals surface area contributed by atoms with Crippen molar-refractivity contribution in [1.82, 2.24) is 8.75 Å². The lowest BCUT2D eigenvalue weighted by atomic mass is 9.89. The van der Waals surface area contributed by atoms with E-state index >= 15 is 0 Å². The Morgan fingerprint density at radius 1 is 0.800 bits per heavy atom. The number of benzene rings is 3. The third-order valence-corrected chi connectivity index (χ3v) is 6.09. The van der Waals surface area contributed by atoms with Gasteiger partial charge in [0.25, 0.3) is 0 Å². The summed E-state index contributed by atoms with van der Waals surface area (Å²) in [5.74, 6) is -0.313. The number of aromatic nitrogens is 2. The molecule has 4 aromatic rings. The fraction of sp³-hybridized carbons (Fsp3) is 0.154. The van der Waals surface area contributed by atoms with Gasteiger partial charge in [-0.05, 0) is 47.5 Å².